The third-order valence-electron chi connectivity index (χ3n) is 4.91. The maximum absolute atomic E-state index is 6.34. The molecule has 2 aromatic carbocycles. The number of nitrogen functional groups attached to an aromatic ring is 1. The van der Waals surface area contributed by atoms with Gasteiger partial charge in [-0.25, -0.2) is 9.97 Å². The van der Waals surface area contributed by atoms with Crippen LogP contribution in [0.15, 0.2) is 54.9 Å². The summed E-state index contributed by atoms with van der Waals surface area (Å²) in [6.07, 6.45) is 1.48. The standard InChI is InChI=1S/C22H20N6O2/c1-13-5-7-15-16(27-13)3-2-4-17(15)28-22-20(23)21(25-11-26-22)24-10-14-6-8-18-19(9-14)30-12-29-18/h2-9,11H,10,12,23H2,1H3,(H2,24,25,26,28). The number of aryl methyl sites for hydroxylation is 1. The van der Waals surface area contributed by atoms with E-state index in [4.69, 9.17) is 15.2 Å². The van der Waals surface area contributed by atoms with Crippen LogP contribution in [-0.4, -0.2) is 21.7 Å². The van der Waals surface area contributed by atoms with Gasteiger partial charge in [0.05, 0.1) is 5.52 Å². The van der Waals surface area contributed by atoms with E-state index in [-0.39, 0.29) is 6.79 Å². The van der Waals surface area contributed by atoms with Crippen molar-refractivity contribution in [2.75, 3.05) is 23.2 Å². The molecule has 0 saturated carbocycles. The summed E-state index contributed by atoms with van der Waals surface area (Å²) in [4.78, 5) is 13.2. The smallest absolute Gasteiger partial charge is 0.231 e. The number of benzene rings is 2. The van der Waals surface area contributed by atoms with Gasteiger partial charge in [0.2, 0.25) is 6.79 Å². The Morgan fingerprint density at radius 2 is 1.87 bits per heavy atom. The SMILES string of the molecule is Cc1ccc2c(Nc3ncnc(NCc4ccc5c(c4)OCO5)c3N)cccc2n1. The summed E-state index contributed by atoms with van der Waals surface area (Å²) in [5, 5.41) is 7.58. The third kappa shape index (κ3) is 3.39. The van der Waals surface area contributed by atoms with Gasteiger partial charge in [0.25, 0.3) is 0 Å². The molecule has 8 heteroatoms. The van der Waals surface area contributed by atoms with Crippen LogP contribution in [0.3, 0.4) is 0 Å². The van der Waals surface area contributed by atoms with Gasteiger partial charge in [-0.15, -0.1) is 0 Å². The second kappa shape index (κ2) is 7.40. The highest BCUT2D eigenvalue weighted by molar-refractivity contribution is 5.94. The number of rotatable bonds is 5. The molecule has 3 heterocycles. The number of fused-ring (bicyclic) bond motifs is 2. The van der Waals surface area contributed by atoms with Crippen molar-refractivity contribution in [1.29, 1.82) is 0 Å². The molecule has 150 valence electrons. The molecule has 0 saturated heterocycles. The van der Waals surface area contributed by atoms with Crippen molar-refractivity contribution >= 4 is 33.9 Å². The van der Waals surface area contributed by atoms with Gasteiger partial charge >= 0.3 is 0 Å². The van der Waals surface area contributed by atoms with Gasteiger partial charge in [0, 0.05) is 23.3 Å². The summed E-state index contributed by atoms with van der Waals surface area (Å²) in [5.41, 5.74) is 10.6. The number of hydrogen-bond donors (Lipinski definition) is 3. The highest BCUT2D eigenvalue weighted by Crippen LogP contribution is 2.33. The van der Waals surface area contributed by atoms with Crippen molar-refractivity contribution in [3.63, 3.8) is 0 Å². The fourth-order valence-corrected chi connectivity index (χ4v) is 3.37. The molecule has 1 aliphatic rings. The van der Waals surface area contributed by atoms with Crippen LogP contribution in [0.4, 0.5) is 23.0 Å². The van der Waals surface area contributed by atoms with E-state index >= 15 is 0 Å². The van der Waals surface area contributed by atoms with Crippen molar-refractivity contribution in [1.82, 2.24) is 15.0 Å². The van der Waals surface area contributed by atoms with Gasteiger partial charge in [-0.1, -0.05) is 12.1 Å². The zero-order valence-corrected chi connectivity index (χ0v) is 16.3. The molecule has 4 N–H and O–H groups in total. The first-order valence-corrected chi connectivity index (χ1v) is 9.53. The molecule has 0 bridgehead atoms. The van der Waals surface area contributed by atoms with Gasteiger partial charge in [-0.05, 0) is 48.9 Å². The van der Waals surface area contributed by atoms with Crippen LogP contribution in [0.25, 0.3) is 10.9 Å². The van der Waals surface area contributed by atoms with Crippen molar-refractivity contribution < 1.29 is 9.47 Å². The molecule has 1 aliphatic heterocycles. The molecule has 0 atom stereocenters. The van der Waals surface area contributed by atoms with Crippen LogP contribution in [0, 0.1) is 6.92 Å². The average molecular weight is 400 g/mol. The zero-order valence-electron chi connectivity index (χ0n) is 16.3. The van der Waals surface area contributed by atoms with E-state index in [1.54, 1.807) is 0 Å². The predicted octanol–water partition coefficient (Wildman–Crippen LogP) is 4.00. The van der Waals surface area contributed by atoms with Crippen LogP contribution in [0.1, 0.15) is 11.3 Å². The van der Waals surface area contributed by atoms with E-state index in [0.717, 1.165) is 39.3 Å². The van der Waals surface area contributed by atoms with Gasteiger partial charge in [-0.2, -0.15) is 0 Å². The topological polar surface area (TPSA) is 107 Å². The first-order valence-electron chi connectivity index (χ1n) is 9.53. The summed E-state index contributed by atoms with van der Waals surface area (Å²) in [7, 11) is 0. The van der Waals surface area contributed by atoms with E-state index in [9.17, 15) is 0 Å². The molecule has 0 unspecified atom stereocenters. The highest BCUT2D eigenvalue weighted by atomic mass is 16.7. The summed E-state index contributed by atoms with van der Waals surface area (Å²) in [5.74, 6) is 2.59. The lowest BCUT2D eigenvalue weighted by molar-refractivity contribution is 0.174. The maximum Gasteiger partial charge on any atom is 0.231 e. The zero-order chi connectivity index (χ0) is 20.5. The van der Waals surface area contributed by atoms with E-state index in [0.29, 0.717) is 23.9 Å². The second-order valence-corrected chi connectivity index (χ2v) is 6.98. The predicted molar refractivity (Wildman–Crippen MR) is 116 cm³/mol. The Bertz CT molecular complexity index is 1240. The van der Waals surface area contributed by atoms with Crippen LogP contribution < -0.4 is 25.8 Å². The second-order valence-electron chi connectivity index (χ2n) is 6.98. The van der Waals surface area contributed by atoms with Crippen LogP contribution in [0.5, 0.6) is 11.5 Å². The number of anilines is 4. The summed E-state index contributed by atoms with van der Waals surface area (Å²) < 4.78 is 10.8. The van der Waals surface area contributed by atoms with E-state index in [1.165, 1.54) is 6.33 Å². The number of ether oxygens (including phenoxy) is 2. The van der Waals surface area contributed by atoms with Gasteiger partial charge in [0.15, 0.2) is 23.1 Å². The molecule has 0 amide bonds. The summed E-state index contributed by atoms with van der Waals surface area (Å²) in [6.45, 7) is 2.76. The van der Waals surface area contributed by atoms with Gasteiger partial charge in [-0.3, -0.25) is 4.98 Å². The molecule has 2 aromatic heterocycles. The molecule has 5 rings (SSSR count). The summed E-state index contributed by atoms with van der Waals surface area (Å²) in [6, 6.07) is 15.7. The number of nitrogens with two attached hydrogens (primary N) is 1. The Morgan fingerprint density at radius 3 is 2.80 bits per heavy atom. The molecular weight excluding hydrogens is 380 g/mol. The average Bonchev–Trinajstić information content (AvgIpc) is 3.22. The molecule has 0 spiro atoms. The lowest BCUT2D eigenvalue weighted by Gasteiger charge is -2.14. The Balaban J connectivity index is 1.37. The van der Waals surface area contributed by atoms with Crippen molar-refractivity contribution in [3.8, 4) is 11.5 Å². The highest BCUT2D eigenvalue weighted by Gasteiger charge is 2.14. The Morgan fingerprint density at radius 1 is 1.00 bits per heavy atom. The Hall–Kier alpha value is -4.07. The molecule has 8 nitrogen and oxygen atoms in total. The van der Waals surface area contributed by atoms with Crippen molar-refractivity contribution in [3.05, 3.63) is 66.1 Å². The van der Waals surface area contributed by atoms with Gasteiger partial charge in [0.1, 0.15) is 12.0 Å². The minimum Gasteiger partial charge on any atom is -0.454 e. The van der Waals surface area contributed by atoms with E-state index in [1.807, 2.05) is 55.5 Å². The van der Waals surface area contributed by atoms with Crippen molar-refractivity contribution in [2.24, 2.45) is 0 Å². The third-order valence-corrected chi connectivity index (χ3v) is 4.91. The van der Waals surface area contributed by atoms with Crippen molar-refractivity contribution in [2.45, 2.75) is 13.5 Å². The number of aromatic nitrogens is 3. The van der Waals surface area contributed by atoms with Crippen LogP contribution in [-0.2, 0) is 6.54 Å². The molecular formula is C22H20N6O2. The number of nitrogens with zero attached hydrogens (tertiary/aromatic N) is 3. The maximum atomic E-state index is 6.34. The largest absolute Gasteiger partial charge is 0.454 e. The molecule has 0 radical (unpaired) electrons. The minimum absolute atomic E-state index is 0.253. The molecule has 4 aromatic rings. The van der Waals surface area contributed by atoms with Crippen LogP contribution >= 0.6 is 0 Å². The lowest BCUT2D eigenvalue weighted by atomic mass is 10.1. The number of hydrogen-bond acceptors (Lipinski definition) is 8. The monoisotopic (exact) mass is 400 g/mol. The fourth-order valence-electron chi connectivity index (χ4n) is 3.37. The normalized spacial score (nSPS) is 12.2. The summed E-state index contributed by atoms with van der Waals surface area (Å²) >= 11 is 0. The molecule has 0 aliphatic carbocycles. The Labute approximate surface area is 173 Å². The lowest BCUT2D eigenvalue weighted by Crippen LogP contribution is -2.08. The van der Waals surface area contributed by atoms with Crippen LogP contribution in [0.2, 0.25) is 0 Å². The molecule has 30 heavy (non-hydrogen) atoms. The van der Waals surface area contributed by atoms with E-state index < -0.39 is 0 Å². The number of pyridine rings is 1. The number of nitrogens with one attached hydrogen (secondary N) is 2. The molecule has 0 fully saturated rings. The van der Waals surface area contributed by atoms with E-state index in [2.05, 4.69) is 25.6 Å². The Kier molecular flexibility index (Phi) is 4.44. The first kappa shape index (κ1) is 18.0. The quantitative estimate of drug-likeness (QED) is 0.461. The fraction of sp³-hybridized carbons (Fsp3) is 0.136. The minimum atomic E-state index is 0.253. The van der Waals surface area contributed by atoms with Gasteiger partial charge < -0.3 is 25.8 Å². The first-order chi connectivity index (χ1) is 14.7.